The fraction of sp³-hybridized carbons (Fsp3) is 0.945. The smallest absolute Gasteiger partial charge is 0.306 e. The quantitative estimate of drug-likeness (QED) is 0.0344. The summed E-state index contributed by atoms with van der Waals surface area (Å²) < 4.78 is 16.8. The van der Waals surface area contributed by atoms with Gasteiger partial charge in [-0.1, -0.05) is 272 Å². The maximum Gasteiger partial charge on any atom is 0.306 e. The van der Waals surface area contributed by atoms with Crippen LogP contribution < -0.4 is 0 Å². The first-order valence-corrected chi connectivity index (χ1v) is 27.4. The maximum atomic E-state index is 12.8. The Morgan fingerprint density at radius 3 is 0.852 bits per heavy atom. The second kappa shape index (κ2) is 49.4. The molecule has 0 aromatic rings. The highest BCUT2D eigenvalue weighted by Crippen LogP contribution is 2.18. The van der Waals surface area contributed by atoms with Crippen LogP contribution in [0.4, 0.5) is 0 Å². The molecule has 362 valence electrons. The third-order valence-corrected chi connectivity index (χ3v) is 12.9. The van der Waals surface area contributed by atoms with Gasteiger partial charge in [-0.25, -0.2) is 0 Å². The van der Waals surface area contributed by atoms with Crippen molar-refractivity contribution in [3.05, 3.63) is 0 Å². The lowest BCUT2D eigenvalue weighted by Crippen LogP contribution is -2.30. The standard InChI is InChI=1S/C55H106O6/c1-5-8-10-12-14-16-17-27-31-35-39-43-47-54(57)60-50-52(49-59-53(56)46-42-38-34-29-15-13-11-9-6-2)61-55(58)48-44-40-36-32-28-25-23-21-19-18-20-22-24-26-30-33-37-41-45-51(4)7-3/h51-52H,5-50H2,1-4H3/t51?,52-/m1/s1. The lowest BCUT2D eigenvalue weighted by molar-refractivity contribution is -0.167. The van der Waals surface area contributed by atoms with Gasteiger partial charge in [-0.15, -0.1) is 0 Å². The number of carbonyl (C=O) groups is 3. The number of rotatable bonds is 50. The van der Waals surface area contributed by atoms with Gasteiger partial charge < -0.3 is 14.2 Å². The molecule has 6 nitrogen and oxygen atoms in total. The Morgan fingerprint density at radius 2 is 0.574 bits per heavy atom. The first-order valence-electron chi connectivity index (χ1n) is 27.4. The Bertz CT molecular complexity index is 920. The van der Waals surface area contributed by atoms with Crippen molar-refractivity contribution < 1.29 is 28.6 Å². The fourth-order valence-electron chi connectivity index (χ4n) is 8.36. The number of carbonyl (C=O) groups excluding carboxylic acids is 3. The molecule has 6 heteroatoms. The maximum absolute atomic E-state index is 12.8. The predicted molar refractivity (Wildman–Crippen MR) is 261 cm³/mol. The van der Waals surface area contributed by atoms with Crippen LogP contribution in [0.5, 0.6) is 0 Å². The van der Waals surface area contributed by atoms with Crippen LogP contribution in [0.3, 0.4) is 0 Å². The summed E-state index contributed by atoms with van der Waals surface area (Å²) in [5, 5.41) is 0. The summed E-state index contributed by atoms with van der Waals surface area (Å²) >= 11 is 0. The van der Waals surface area contributed by atoms with Crippen molar-refractivity contribution in [3.63, 3.8) is 0 Å². The Balaban J connectivity index is 4.17. The van der Waals surface area contributed by atoms with Crippen LogP contribution in [0.15, 0.2) is 0 Å². The van der Waals surface area contributed by atoms with Crippen molar-refractivity contribution in [2.75, 3.05) is 13.2 Å². The molecule has 0 saturated carbocycles. The lowest BCUT2D eigenvalue weighted by Gasteiger charge is -2.18. The molecule has 0 aliphatic carbocycles. The molecule has 61 heavy (non-hydrogen) atoms. The minimum Gasteiger partial charge on any atom is -0.462 e. The summed E-state index contributed by atoms with van der Waals surface area (Å²) in [5.74, 6) is 0.0652. The normalized spacial score (nSPS) is 12.4. The fourth-order valence-corrected chi connectivity index (χ4v) is 8.36. The molecule has 1 unspecified atom stereocenters. The van der Waals surface area contributed by atoms with Crippen molar-refractivity contribution in [1.29, 1.82) is 0 Å². The van der Waals surface area contributed by atoms with Gasteiger partial charge in [-0.2, -0.15) is 0 Å². The average Bonchev–Trinajstić information content (AvgIpc) is 3.26. The zero-order valence-corrected chi connectivity index (χ0v) is 41.6. The third kappa shape index (κ3) is 47.7. The van der Waals surface area contributed by atoms with Crippen LogP contribution in [0, 0.1) is 5.92 Å². The lowest BCUT2D eigenvalue weighted by atomic mass is 9.99. The van der Waals surface area contributed by atoms with Gasteiger partial charge in [0, 0.05) is 19.3 Å². The zero-order valence-electron chi connectivity index (χ0n) is 41.6. The summed E-state index contributed by atoms with van der Waals surface area (Å²) in [7, 11) is 0. The van der Waals surface area contributed by atoms with Gasteiger partial charge >= 0.3 is 17.9 Å². The minimum absolute atomic E-state index is 0.0625. The van der Waals surface area contributed by atoms with E-state index in [4.69, 9.17) is 14.2 Å². The molecule has 0 aliphatic rings. The molecule has 0 amide bonds. The van der Waals surface area contributed by atoms with Crippen LogP contribution >= 0.6 is 0 Å². The van der Waals surface area contributed by atoms with Crippen molar-refractivity contribution in [2.24, 2.45) is 5.92 Å². The van der Waals surface area contributed by atoms with E-state index >= 15 is 0 Å². The van der Waals surface area contributed by atoms with E-state index in [0.29, 0.717) is 19.3 Å². The second-order valence-corrected chi connectivity index (χ2v) is 19.1. The minimum atomic E-state index is -0.760. The number of esters is 3. The Kier molecular flexibility index (Phi) is 48.1. The van der Waals surface area contributed by atoms with Gasteiger partial charge in [0.15, 0.2) is 6.10 Å². The van der Waals surface area contributed by atoms with E-state index in [1.54, 1.807) is 0 Å². The highest BCUT2D eigenvalue weighted by atomic mass is 16.6. The molecule has 0 spiro atoms. The van der Waals surface area contributed by atoms with Crippen LogP contribution in [-0.4, -0.2) is 37.2 Å². The number of unbranched alkanes of at least 4 members (excludes halogenated alkanes) is 36. The molecule has 0 aromatic carbocycles. The molecule has 2 atom stereocenters. The highest BCUT2D eigenvalue weighted by molar-refractivity contribution is 5.71. The van der Waals surface area contributed by atoms with Crippen LogP contribution in [0.2, 0.25) is 0 Å². The molecule has 0 aliphatic heterocycles. The molecule has 0 aromatic heterocycles. The van der Waals surface area contributed by atoms with E-state index in [9.17, 15) is 14.4 Å². The summed E-state index contributed by atoms with van der Waals surface area (Å²) in [5.41, 5.74) is 0. The van der Waals surface area contributed by atoms with Gasteiger partial charge in [-0.3, -0.25) is 14.4 Å². The van der Waals surface area contributed by atoms with E-state index in [0.717, 1.165) is 63.7 Å². The van der Waals surface area contributed by atoms with Crippen molar-refractivity contribution in [2.45, 2.75) is 316 Å². The highest BCUT2D eigenvalue weighted by Gasteiger charge is 2.19. The molecule has 0 rings (SSSR count). The molecular formula is C55H106O6. The molecule has 0 saturated heterocycles. The van der Waals surface area contributed by atoms with Crippen LogP contribution in [-0.2, 0) is 28.6 Å². The van der Waals surface area contributed by atoms with E-state index in [-0.39, 0.29) is 31.1 Å². The van der Waals surface area contributed by atoms with E-state index < -0.39 is 6.10 Å². The van der Waals surface area contributed by atoms with Crippen molar-refractivity contribution in [3.8, 4) is 0 Å². The first-order chi connectivity index (χ1) is 29.9. The predicted octanol–water partition coefficient (Wildman–Crippen LogP) is 17.8. The molecule has 0 bridgehead atoms. The summed E-state index contributed by atoms with van der Waals surface area (Å²) in [6.07, 6.45) is 52.3. The van der Waals surface area contributed by atoms with Gasteiger partial charge in [0.25, 0.3) is 0 Å². The molecule has 0 N–H and O–H groups in total. The van der Waals surface area contributed by atoms with E-state index in [1.165, 1.54) is 205 Å². The average molecular weight is 863 g/mol. The van der Waals surface area contributed by atoms with Gasteiger partial charge in [-0.05, 0) is 25.2 Å². The monoisotopic (exact) mass is 863 g/mol. The Morgan fingerprint density at radius 1 is 0.328 bits per heavy atom. The summed E-state index contributed by atoms with van der Waals surface area (Å²) in [6, 6.07) is 0. The van der Waals surface area contributed by atoms with E-state index in [2.05, 4.69) is 27.7 Å². The number of ether oxygens (including phenoxy) is 3. The van der Waals surface area contributed by atoms with E-state index in [1.807, 2.05) is 0 Å². The largest absolute Gasteiger partial charge is 0.462 e. The summed E-state index contributed by atoms with van der Waals surface area (Å²) in [4.78, 5) is 37.9. The number of hydrogen-bond donors (Lipinski definition) is 0. The number of hydrogen-bond acceptors (Lipinski definition) is 6. The van der Waals surface area contributed by atoms with Crippen molar-refractivity contribution in [1.82, 2.24) is 0 Å². The third-order valence-electron chi connectivity index (χ3n) is 12.9. The van der Waals surface area contributed by atoms with Crippen molar-refractivity contribution >= 4 is 17.9 Å². The Labute approximate surface area is 380 Å². The molecule has 0 fully saturated rings. The zero-order chi connectivity index (χ0) is 44.5. The van der Waals surface area contributed by atoms with Gasteiger partial charge in [0.2, 0.25) is 0 Å². The SMILES string of the molecule is CCCCCCCCCCCCCCC(=O)OC[C@@H](COC(=O)CCCCCCCCCCC)OC(=O)CCCCCCCCCCCCCCCCCCCCC(C)CC. The van der Waals surface area contributed by atoms with Crippen LogP contribution in [0.25, 0.3) is 0 Å². The molecule has 0 radical (unpaired) electrons. The Hall–Kier alpha value is -1.59. The topological polar surface area (TPSA) is 78.9 Å². The second-order valence-electron chi connectivity index (χ2n) is 19.1. The van der Waals surface area contributed by atoms with Crippen LogP contribution in [0.1, 0.15) is 310 Å². The molecule has 0 heterocycles. The van der Waals surface area contributed by atoms with Gasteiger partial charge in [0.05, 0.1) is 0 Å². The summed E-state index contributed by atoms with van der Waals surface area (Å²) in [6.45, 7) is 9.07. The van der Waals surface area contributed by atoms with Gasteiger partial charge in [0.1, 0.15) is 13.2 Å². The molecular weight excluding hydrogens is 757 g/mol. The first kappa shape index (κ1) is 59.4.